The van der Waals surface area contributed by atoms with Crippen molar-refractivity contribution in [3.63, 3.8) is 0 Å². The highest BCUT2D eigenvalue weighted by Gasteiger charge is 2.11. The van der Waals surface area contributed by atoms with Gasteiger partial charge in [0.1, 0.15) is 0 Å². The van der Waals surface area contributed by atoms with Crippen LogP contribution in [-0.2, 0) is 0 Å². The molecule has 0 bridgehead atoms. The summed E-state index contributed by atoms with van der Waals surface area (Å²) in [5, 5.41) is 0. The number of hydrogen-bond acceptors (Lipinski definition) is 1. The van der Waals surface area contributed by atoms with E-state index in [1.807, 2.05) is 13.8 Å². The zero-order valence-electron chi connectivity index (χ0n) is 17.8. The maximum Gasteiger partial charge on any atom is 0.0462 e. The molecule has 0 atom stereocenters. The Morgan fingerprint density at radius 1 is 0.448 bits per heavy atom. The maximum atomic E-state index is 2.28. The van der Waals surface area contributed by atoms with Crippen LogP contribution in [0.15, 0.2) is 103 Å². The first kappa shape index (κ1) is 20.4. The Kier molecular flexibility index (Phi) is 6.86. The quantitative estimate of drug-likeness (QED) is 0.344. The summed E-state index contributed by atoms with van der Waals surface area (Å²) in [7, 11) is 0. The third kappa shape index (κ3) is 4.75. The maximum absolute atomic E-state index is 2.28. The van der Waals surface area contributed by atoms with E-state index < -0.39 is 0 Å². The molecule has 0 fully saturated rings. The number of anilines is 3. The molecule has 0 aromatic heterocycles. The Balaban J connectivity index is 0.00000117. The standard InChI is InChI=1S/C26H23N.C2H6/c1-20-13-14-23(19-21(20)2)22-15-17-26(18-16-22)27(24-9-5-3-6-10-24)25-11-7-4-8-12-25;1-2/h3-19H,1-2H3;1-2H3. The van der Waals surface area contributed by atoms with Gasteiger partial charge in [0.25, 0.3) is 0 Å². The van der Waals surface area contributed by atoms with Gasteiger partial charge in [-0.2, -0.15) is 0 Å². The molecule has 4 aromatic rings. The molecule has 0 heterocycles. The molecule has 29 heavy (non-hydrogen) atoms. The number of benzene rings is 4. The first-order valence-corrected chi connectivity index (χ1v) is 10.3. The van der Waals surface area contributed by atoms with Gasteiger partial charge in [-0.05, 0) is 72.5 Å². The summed E-state index contributed by atoms with van der Waals surface area (Å²) in [4.78, 5) is 2.28. The fraction of sp³-hybridized carbons (Fsp3) is 0.143. The van der Waals surface area contributed by atoms with Crippen LogP contribution in [0.3, 0.4) is 0 Å². The van der Waals surface area contributed by atoms with Gasteiger partial charge >= 0.3 is 0 Å². The van der Waals surface area contributed by atoms with Crippen LogP contribution in [0.4, 0.5) is 17.1 Å². The molecule has 0 saturated carbocycles. The molecule has 4 rings (SSSR count). The molecule has 0 unspecified atom stereocenters. The molecule has 4 aromatic carbocycles. The van der Waals surface area contributed by atoms with E-state index in [1.54, 1.807) is 0 Å². The van der Waals surface area contributed by atoms with Crippen molar-refractivity contribution in [3.8, 4) is 11.1 Å². The van der Waals surface area contributed by atoms with Gasteiger partial charge < -0.3 is 4.90 Å². The van der Waals surface area contributed by atoms with Gasteiger partial charge in [0, 0.05) is 17.1 Å². The molecule has 0 saturated heterocycles. The monoisotopic (exact) mass is 379 g/mol. The van der Waals surface area contributed by atoms with Gasteiger partial charge in [-0.15, -0.1) is 0 Å². The summed E-state index contributed by atoms with van der Waals surface area (Å²) in [6.07, 6.45) is 0. The Morgan fingerprint density at radius 3 is 1.38 bits per heavy atom. The van der Waals surface area contributed by atoms with Crippen LogP contribution in [-0.4, -0.2) is 0 Å². The Labute approximate surface area is 175 Å². The lowest BCUT2D eigenvalue weighted by Gasteiger charge is -2.25. The average molecular weight is 380 g/mol. The highest BCUT2D eigenvalue weighted by molar-refractivity contribution is 5.78. The SMILES string of the molecule is CC.Cc1ccc(-c2ccc(N(c3ccccc3)c3ccccc3)cc2)cc1C. The van der Waals surface area contributed by atoms with Crippen LogP contribution >= 0.6 is 0 Å². The van der Waals surface area contributed by atoms with Crippen molar-refractivity contribution in [2.75, 3.05) is 4.90 Å². The smallest absolute Gasteiger partial charge is 0.0462 e. The summed E-state index contributed by atoms with van der Waals surface area (Å²) < 4.78 is 0. The Hall–Kier alpha value is -3.32. The van der Waals surface area contributed by atoms with E-state index >= 15 is 0 Å². The molecule has 0 aliphatic carbocycles. The van der Waals surface area contributed by atoms with Crippen LogP contribution in [0.25, 0.3) is 11.1 Å². The van der Waals surface area contributed by atoms with Crippen LogP contribution in [0.5, 0.6) is 0 Å². The van der Waals surface area contributed by atoms with Crippen molar-refractivity contribution < 1.29 is 0 Å². The Bertz CT molecular complexity index is 979. The van der Waals surface area contributed by atoms with Gasteiger partial charge in [0.05, 0.1) is 0 Å². The molecule has 0 amide bonds. The fourth-order valence-electron chi connectivity index (χ4n) is 3.33. The van der Waals surface area contributed by atoms with Crippen LogP contribution < -0.4 is 4.90 Å². The van der Waals surface area contributed by atoms with Crippen LogP contribution in [0.2, 0.25) is 0 Å². The lowest BCUT2D eigenvalue weighted by Crippen LogP contribution is -2.09. The molecule has 146 valence electrons. The number of hydrogen-bond donors (Lipinski definition) is 0. The Morgan fingerprint density at radius 2 is 0.897 bits per heavy atom. The van der Waals surface area contributed by atoms with E-state index in [4.69, 9.17) is 0 Å². The fourth-order valence-corrected chi connectivity index (χ4v) is 3.33. The number of para-hydroxylation sites is 2. The first-order chi connectivity index (χ1) is 14.2. The molecule has 0 N–H and O–H groups in total. The van der Waals surface area contributed by atoms with E-state index in [2.05, 4.69) is 122 Å². The molecule has 1 heteroatoms. The highest BCUT2D eigenvalue weighted by Crippen LogP contribution is 2.35. The van der Waals surface area contributed by atoms with E-state index in [1.165, 1.54) is 22.3 Å². The molecular formula is C28H29N. The summed E-state index contributed by atoms with van der Waals surface area (Å²) in [6, 6.07) is 36.4. The van der Waals surface area contributed by atoms with Gasteiger partial charge in [0.2, 0.25) is 0 Å². The summed E-state index contributed by atoms with van der Waals surface area (Å²) in [5.74, 6) is 0. The lowest BCUT2D eigenvalue weighted by molar-refractivity contribution is 1.28. The van der Waals surface area contributed by atoms with Gasteiger partial charge in [-0.3, -0.25) is 0 Å². The normalized spacial score (nSPS) is 10.1. The third-order valence-corrected chi connectivity index (χ3v) is 4.99. The number of aryl methyl sites for hydroxylation is 2. The molecule has 0 radical (unpaired) electrons. The summed E-state index contributed by atoms with van der Waals surface area (Å²) in [6.45, 7) is 8.32. The van der Waals surface area contributed by atoms with E-state index in [9.17, 15) is 0 Å². The average Bonchev–Trinajstić information content (AvgIpc) is 2.79. The lowest BCUT2D eigenvalue weighted by atomic mass is 10.00. The zero-order chi connectivity index (χ0) is 20.6. The van der Waals surface area contributed by atoms with Crippen molar-refractivity contribution in [1.82, 2.24) is 0 Å². The van der Waals surface area contributed by atoms with Crippen molar-refractivity contribution in [3.05, 3.63) is 114 Å². The van der Waals surface area contributed by atoms with Gasteiger partial charge in [-0.1, -0.05) is 80.6 Å². The topological polar surface area (TPSA) is 3.24 Å². The second-order valence-electron chi connectivity index (χ2n) is 6.85. The number of nitrogens with zero attached hydrogens (tertiary/aromatic N) is 1. The zero-order valence-corrected chi connectivity index (χ0v) is 17.8. The minimum Gasteiger partial charge on any atom is -0.311 e. The van der Waals surface area contributed by atoms with Crippen molar-refractivity contribution in [1.29, 1.82) is 0 Å². The van der Waals surface area contributed by atoms with E-state index in [-0.39, 0.29) is 0 Å². The van der Waals surface area contributed by atoms with Gasteiger partial charge in [0.15, 0.2) is 0 Å². The minimum absolute atomic E-state index is 1.15. The van der Waals surface area contributed by atoms with E-state index in [0.29, 0.717) is 0 Å². The highest BCUT2D eigenvalue weighted by atomic mass is 15.1. The molecule has 1 nitrogen and oxygen atoms in total. The summed E-state index contributed by atoms with van der Waals surface area (Å²) >= 11 is 0. The van der Waals surface area contributed by atoms with Crippen molar-refractivity contribution in [2.45, 2.75) is 27.7 Å². The van der Waals surface area contributed by atoms with Crippen LogP contribution in [0, 0.1) is 13.8 Å². The van der Waals surface area contributed by atoms with Gasteiger partial charge in [-0.25, -0.2) is 0 Å². The van der Waals surface area contributed by atoms with E-state index in [0.717, 1.165) is 17.1 Å². The molecular weight excluding hydrogens is 350 g/mol. The second kappa shape index (κ2) is 9.75. The third-order valence-electron chi connectivity index (χ3n) is 4.99. The predicted octanol–water partition coefficient (Wildman–Crippen LogP) is 8.47. The van der Waals surface area contributed by atoms with Crippen molar-refractivity contribution >= 4 is 17.1 Å². The second-order valence-corrected chi connectivity index (χ2v) is 6.85. The molecule has 0 aliphatic heterocycles. The number of rotatable bonds is 4. The van der Waals surface area contributed by atoms with Crippen molar-refractivity contribution in [2.24, 2.45) is 0 Å². The predicted molar refractivity (Wildman–Crippen MR) is 127 cm³/mol. The molecule has 0 spiro atoms. The first-order valence-electron chi connectivity index (χ1n) is 10.3. The summed E-state index contributed by atoms with van der Waals surface area (Å²) in [5.41, 5.74) is 8.62. The van der Waals surface area contributed by atoms with Crippen LogP contribution in [0.1, 0.15) is 25.0 Å². The minimum atomic E-state index is 1.15. The largest absolute Gasteiger partial charge is 0.311 e. The molecule has 0 aliphatic rings.